The van der Waals surface area contributed by atoms with Gasteiger partial charge < -0.3 is 20.5 Å². The Labute approximate surface area is 212 Å². The summed E-state index contributed by atoms with van der Waals surface area (Å²) < 4.78 is 20.6. The number of β-amino-alcohol motifs (C(OH)–C–C–N with tert-alkyl or cyclic N) is 1. The van der Waals surface area contributed by atoms with E-state index < -0.39 is 12.1 Å². The first-order chi connectivity index (χ1) is 17.4. The van der Waals surface area contributed by atoms with E-state index in [-0.39, 0.29) is 24.2 Å². The molecule has 1 saturated heterocycles. The highest BCUT2D eigenvalue weighted by molar-refractivity contribution is 5.94. The van der Waals surface area contributed by atoms with Gasteiger partial charge in [0.15, 0.2) is 0 Å². The van der Waals surface area contributed by atoms with Crippen molar-refractivity contribution in [2.45, 2.75) is 44.2 Å². The summed E-state index contributed by atoms with van der Waals surface area (Å²) in [4.78, 5) is 14.8. The van der Waals surface area contributed by atoms with E-state index in [0.717, 1.165) is 41.5 Å². The lowest BCUT2D eigenvalue weighted by molar-refractivity contribution is 0.0765. The first-order valence-electron chi connectivity index (χ1n) is 12.6. The van der Waals surface area contributed by atoms with Crippen LogP contribution in [0.3, 0.4) is 0 Å². The van der Waals surface area contributed by atoms with E-state index in [1.54, 1.807) is 24.1 Å². The molecule has 190 valence electrons. The van der Waals surface area contributed by atoms with Crippen molar-refractivity contribution in [3.8, 4) is 11.1 Å². The molecule has 3 atom stereocenters. The molecule has 4 rings (SSSR count). The first-order valence-corrected chi connectivity index (χ1v) is 12.6. The molecule has 1 amide bonds. The molecule has 0 aromatic heterocycles. The summed E-state index contributed by atoms with van der Waals surface area (Å²) in [5, 5.41) is 10.0. The van der Waals surface area contributed by atoms with E-state index in [1.807, 2.05) is 55.5 Å². The molecule has 0 spiro atoms. The van der Waals surface area contributed by atoms with Crippen molar-refractivity contribution in [3.05, 3.63) is 94.8 Å². The van der Waals surface area contributed by atoms with Gasteiger partial charge in [-0.15, -0.1) is 0 Å². The number of hydrogen-bond donors (Lipinski definition) is 2. The van der Waals surface area contributed by atoms with Crippen LogP contribution >= 0.6 is 0 Å². The Morgan fingerprint density at radius 2 is 1.89 bits per heavy atom. The lowest BCUT2D eigenvalue weighted by Crippen LogP contribution is -2.33. The average molecular weight is 491 g/mol. The van der Waals surface area contributed by atoms with Gasteiger partial charge in [-0.3, -0.25) is 4.79 Å². The first kappa shape index (κ1) is 26.0. The fourth-order valence-corrected chi connectivity index (χ4v) is 5.08. The second-order valence-corrected chi connectivity index (χ2v) is 9.68. The summed E-state index contributed by atoms with van der Waals surface area (Å²) in [7, 11) is 1.69. The van der Waals surface area contributed by atoms with Gasteiger partial charge in [-0.2, -0.15) is 0 Å². The van der Waals surface area contributed by atoms with Crippen molar-refractivity contribution in [3.63, 3.8) is 0 Å². The molecule has 6 heteroatoms. The molecule has 3 aromatic rings. The van der Waals surface area contributed by atoms with Crippen molar-refractivity contribution in [1.29, 1.82) is 0 Å². The van der Waals surface area contributed by atoms with E-state index in [0.29, 0.717) is 24.3 Å². The Balaban J connectivity index is 1.74. The van der Waals surface area contributed by atoms with Gasteiger partial charge in [0.1, 0.15) is 5.82 Å². The largest absolute Gasteiger partial charge is 0.390 e. The predicted octanol–water partition coefficient (Wildman–Crippen LogP) is 4.89. The third-order valence-electron chi connectivity index (χ3n) is 6.98. The van der Waals surface area contributed by atoms with Crippen LogP contribution in [0.2, 0.25) is 0 Å². The molecular formula is C30H35FN2O3. The highest BCUT2D eigenvalue weighted by Crippen LogP contribution is 2.38. The number of halogens is 1. The zero-order valence-electron chi connectivity index (χ0n) is 21.0. The van der Waals surface area contributed by atoms with Crippen molar-refractivity contribution in [1.82, 2.24) is 4.90 Å². The molecule has 3 aromatic carbocycles. The normalized spacial score (nSPS) is 18.4. The van der Waals surface area contributed by atoms with Gasteiger partial charge in [-0.1, -0.05) is 60.5 Å². The van der Waals surface area contributed by atoms with Gasteiger partial charge in [0.25, 0.3) is 5.91 Å². The van der Waals surface area contributed by atoms with Gasteiger partial charge >= 0.3 is 0 Å². The maximum absolute atomic E-state index is 15.4. The zero-order chi connectivity index (χ0) is 25.7. The van der Waals surface area contributed by atoms with Crippen LogP contribution in [-0.2, 0) is 4.74 Å². The Morgan fingerprint density at radius 1 is 1.11 bits per heavy atom. The van der Waals surface area contributed by atoms with Crippen LogP contribution in [0, 0.1) is 12.7 Å². The summed E-state index contributed by atoms with van der Waals surface area (Å²) in [6, 6.07) is 20.3. The number of nitrogens with two attached hydrogens (primary N) is 1. The summed E-state index contributed by atoms with van der Waals surface area (Å²) in [6.07, 6.45) is 1.86. The fraction of sp³-hybridized carbons (Fsp3) is 0.367. The van der Waals surface area contributed by atoms with Crippen molar-refractivity contribution in [2.24, 2.45) is 5.73 Å². The van der Waals surface area contributed by atoms with Crippen LogP contribution in [-0.4, -0.2) is 54.9 Å². The van der Waals surface area contributed by atoms with E-state index >= 15 is 4.39 Å². The average Bonchev–Trinajstić information content (AvgIpc) is 3.21. The van der Waals surface area contributed by atoms with Gasteiger partial charge in [-0.25, -0.2) is 4.39 Å². The third-order valence-corrected chi connectivity index (χ3v) is 6.98. The Hall–Kier alpha value is -3.06. The molecule has 0 saturated carbocycles. The van der Waals surface area contributed by atoms with Crippen LogP contribution in [0.15, 0.2) is 66.7 Å². The van der Waals surface area contributed by atoms with Crippen LogP contribution in [0.1, 0.15) is 52.2 Å². The quantitative estimate of drug-likeness (QED) is 0.419. The predicted molar refractivity (Wildman–Crippen MR) is 140 cm³/mol. The number of hydrogen-bond acceptors (Lipinski definition) is 4. The number of carbonyl (C=O) groups excluding carboxylic acids is 1. The van der Waals surface area contributed by atoms with Gasteiger partial charge in [0.05, 0.1) is 6.10 Å². The highest BCUT2D eigenvalue weighted by Gasteiger charge is 2.32. The maximum Gasteiger partial charge on any atom is 0.254 e. The molecule has 0 radical (unpaired) electrons. The highest BCUT2D eigenvalue weighted by atomic mass is 19.1. The molecule has 1 heterocycles. The number of aryl methyl sites for hydroxylation is 1. The fourth-order valence-electron chi connectivity index (χ4n) is 5.08. The topological polar surface area (TPSA) is 75.8 Å². The van der Waals surface area contributed by atoms with Gasteiger partial charge in [-0.05, 0) is 54.7 Å². The summed E-state index contributed by atoms with van der Waals surface area (Å²) in [5.41, 5.74) is 10.8. The molecule has 36 heavy (non-hydrogen) atoms. The van der Waals surface area contributed by atoms with Crippen LogP contribution < -0.4 is 5.73 Å². The molecule has 5 nitrogen and oxygen atoms in total. The number of benzene rings is 3. The minimum absolute atomic E-state index is 0.104. The number of methoxy groups -OCH3 is 1. The molecule has 1 aliphatic rings. The van der Waals surface area contributed by atoms with Crippen LogP contribution in [0.4, 0.5) is 4.39 Å². The molecule has 1 aliphatic heterocycles. The SMILES string of the molecule is COCCCCC(c1cccc(C(=O)N2C[C@@H](N)[C@@H](O)C2)c1)c1cccc(F)c1-c1cccc(C)c1. The van der Waals surface area contributed by atoms with E-state index in [9.17, 15) is 9.90 Å². The standard InChI is InChI=1S/C30H35FN2O3/c1-20-8-5-10-22(16-20)29-25(13-7-14-26(29)31)24(12-3-4-15-36-2)21-9-6-11-23(17-21)30(35)33-18-27(32)28(34)19-33/h5-11,13-14,16-17,24,27-28,34H,3-4,12,15,18-19,32H2,1-2H3/t24?,27-,28+/m1/s1. The number of amides is 1. The number of nitrogens with zero attached hydrogens (tertiary/aromatic N) is 1. The number of aliphatic hydroxyl groups is 1. The monoisotopic (exact) mass is 490 g/mol. The minimum Gasteiger partial charge on any atom is -0.390 e. The number of carbonyl (C=O) groups is 1. The minimum atomic E-state index is -0.713. The molecule has 3 N–H and O–H groups in total. The third kappa shape index (κ3) is 5.84. The number of likely N-dealkylation sites (tertiary alicyclic amines) is 1. The number of unbranched alkanes of at least 4 members (excludes halogenated alkanes) is 1. The summed E-state index contributed by atoms with van der Waals surface area (Å²) >= 11 is 0. The van der Waals surface area contributed by atoms with Crippen LogP contribution in [0.5, 0.6) is 0 Å². The zero-order valence-corrected chi connectivity index (χ0v) is 21.0. The van der Waals surface area contributed by atoms with Gasteiger partial charge in [0, 0.05) is 49.9 Å². The number of ether oxygens (including phenoxy) is 1. The van der Waals surface area contributed by atoms with Crippen molar-refractivity contribution < 1.29 is 19.0 Å². The Bertz CT molecular complexity index is 1190. The van der Waals surface area contributed by atoms with Crippen molar-refractivity contribution in [2.75, 3.05) is 26.8 Å². The van der Waals surface area contributed by atoms with E-state index in [2.05, 4.69) is 0 Å². The number of rotatable bonds is 9. The van der Waals surface area contributed by atoms with Crippen molar-refractivity contribution >= 4 is 5.91 Å². The molecular weight excluding hydrogens is 455 g/mol. The van der Waals surface area contributed by atoms with E-state index in [4.69, 9.17) is 10.5 Å². The smallest absolute Gasteiger partial charge is 0.254 e. The lowest BCUT2D eigenvalue weighted by atomic mass is 9.82. The molecule has 0 aliphatic carbocycles. The second-order valence-electron chi connectivity index (χ2n) is 9.68. The number of aliphatic hydroxyl groups excluding tert-OH is 1. The molecule has 1 unspecified atom stereocenters. The second kappa shape index (κ2) is 11.8. The molecule has 1 fully saturated rings. The maximum atomic E-state index is 15.4. The lowest BCUT2D eigenvalue weighted by Gasteiger charge is -2.23. The Kier molecular flexibility index (Phi) is 8.52. The van der Waals surface area contributed by atoms with Gasteiger partial charge in [0.2, 0.25) is 0 Å². The van der Waals surface area contributed by atoms with Crippen LogP contribution in [0.25, 0.3) is 11.1 Å². The summed E-state index contributed by atoms with van der Waals surface area (Å²) in [5.74, 6) is -0.514. The Morgan fingerprint density at radius 3 is 2.61 bits per heavy atom. The summed E-state index contributed by atoms with van der Waals surface area (Å²) in [6.45, 7) is 3.22. The van der Waals surface area contributed by atoms with E-state index in [1.165, 1.54) is 6.07 Å². The molecule has 0 bridgehead atoms.